The zero-order valence-electron chi connectivity index (χ0n) is 10.7. The summed E-state index contributed by atoms with van der Waals surface area (Å²) in [5, 5.41) is 10.0. The molecule has 1 aromatic rings. The SMILES string of the molecule is C=C(N)c1ncn([C@@H]2O[C@H](COC)C[C@H]2O)c1C. The third-order valence-electron chi connectivity index (χ3n) is 3.14. The van der Waals surface area contributed by atoms with Crippen LogP contribution in [0, 0.1) is 6.92 Å². The van der Waals surface area contributed by atoms with Crippen LogP contribution in [0.1, 0.15) is 24.0 Å². The number of aliphatic hydroxyl groups excluding tert-OH is 1. The van der Waals surface area contributed by atoms with E-state index in [-0.39, 0.29) is 6.10 Å². The third kappa shape index (κ3) is 2.27. The second kappa shape index (κ2) is 5.09. The summed E-state index contributed by atoms with van der Waals surface area (Å²) in [4.78, 5) is 4.18. The largest absolute Gasteiger partial charge is 0.397 e. The quantitative estimate of drug-likeness (QED) is 0.812. The van der Waals surface area contributed by atoms with Gasteiger partial charge in [-0.25, -0.2) is 4.98 Å². The lowest BCUT2D eigenvalue weighted by molar-refractivity contribution is -0.0567. The lowest BCUT2D eigenvalue weighted by atomic mass is 10.2. The van der Waals surface area contributed by atoms with E-state index in [9.17, 15) is 5.11 Å². The van der Waals surface area contributed by atoms with Gasteiger partial charge in [0, 0.05) is 19.2 Å². The van der Waals surface area contributed by atoms with Crippen LogP contribution in [-0.4, -0.2) is 40.6 Å². The number of nitrogens with zero attached hydrogens (tertiary/aromatic N) is 2. The summed E-state index contributed by atoms with van der Waals surface area (Å²) in [7, 11) is 1.61. The number of aliphatic hydroxyl groups is 1. The fourth-order valence-electron chi connectivity index (χ4n) is 2.27. The molecule has 1 aliphatic heterocycles. The van der Waals surface area contributed by atoms with Crippen molar-refractivity contribution in [2.45, 2.75) is 31.8 Å². The van der Waals surface area contributed by atoms with Gasteiger partial charge in [0.1, 0.15) is 11.8 Å². The molecule has 0 unspecified atom stereocenters. The summed E-state index contributed by atoms with van der Waals surface area (Å²) in [5.41, 5.74) is 7.53. The number of aromatic nitrogens is 2. The maximum atomic E-state index is 10.0. The van der Waals surface area contributed by atoms with Gasteiger partial charge in [0.2, 0.25) is 0 Å². The van der Waals surface area contributed by atoms with E-state index in [2.05, 4.69) is 11.6 Å². The van der Waals surface area contributed by atoms with E-state index in [1.54, 1.807) is 18.0 Å². The standard InChI is InChI=1S/C12H19N3O3/c1-7(13)11-8(2)15(6-14-11)12-10(16)4-9(18-12)5-17-3/h6,9-10,12,16H,1,4-5,13H2,2-3H3/t9-,10+,12+/m0/s1. The van der Waals surface area contributed by atoms with Gasteiger partial charge in [-0.1, -0.05) is 6.58 Å². The van der Waals surface area contributed by atoms with Crippen LogP contribution in [0.2, 0.25) is 0 Å². The van der Waals surface area contributed by atoms with Gasteiger partial charge in [0.25, 0.3) is 0 Å². The van der Waals surface area contributed by atoms with Crippen molar-refractivity contribution in [3.8, 4) is 0 Å². The van der Waals surface area contributed by atoms with Crippen LogP contribution in [0.5, 0.6) is 0 Å². The fraction of sp³-hybridized carbons (Fsp3) is 0.583. The van der Waals surface area contributed by atoms with Crippen LogP contribution in [-0.2, 0) is 9.47 Å². The van der Waals surface area contributed by atoms with Gasteiger partial charge in [-0.3, -0.25) is 0 Å². The first-order valence-corrected chi connectivity index (χ1v) is 5.85. The maximum absolute atomic E-state index is 10.0. The highest BCUT2D eigenvalue weighted by Crippen LogP contribution is 2.30. The van der Waals surface area contributed by atoms with Gasteiger partial charge in [0.05, 0.1) is 24.7 Å². The number of hydrogen-bond donors (Lipinski definition) is 2. The van der Waals surface area contributed by atoms with Crippen molar-refractivity contribution in [3.63, 3.8) is 0 Å². The molecule has 0 spiro atoms. The second-order valence-corrected chi connectivity index (χ2v) is 4.52. The van der Waals surface area contributed by atoms with Crippen molar-refractivity contribution in [1.82, 2.24) is 9.55 Å². The Hall–Kier alpha value is -1.37. The molecular formula is C12H19N3O3. The van der Waals surface area contributed by atoms with Crippen LogP contribution in [0.25, 0.3) is 5.70 Å². The van der Waals surface area contributed by atoms with Crippen molar-refractivity contribution >= 4 is 5.70 Å². The monoisotopic (exact) mass is 253 g/mol. The van der Waals surface area contributed by atoms with Gasteiger partial charge in [-0.15, -0.1) is 0 Å². The Kier molecular flexibility index (Phi) is 3.70. The molecule has 1 aromatic heterocycles. The van der Waals surface area contributed by atoms with Crippen LogP contribution >= 0.6 is 0 Å². The molecule has 2 rings (SSSR count). The molecule has 3 N–H and O–H groups in total. The number of hydrogen-bond acceptors (Lipinski definition) is 5. The average Bonchev–Trinajstić information content (AvgIpc) is 2.83. The molecule has 1 aliphatic rings. The van der Waals surface area contributed by atoms with E-state index in [4.69, 9.17) is 15.2 Å². The number of ether oxygens (including phenoxy) is 2. The highest BCUT2D eigenvalue weighted by molar-refractivity contribution is 5.58. The molecule has 100 valence electrons. The highest BCUT2D eigenvalue weighted by Gasteiger charge is 2.36. The Morgan fingerprint density at radius 1 is 1.78 bits per heavy atom. The number of imidazole rings is 1. The molecule has 3 atom stereocenters. The van der Waals surface area contributed by atoms with Crippen molar-refractivity contribution in [3.05, 3.63) is 24.3 Å². The summed E-state index contributed by atoms with van der Waals surface area (Å²) in [6, 6.07) is 0. The van der Waals surface area contributed by atoms with Gasteiger partial charge in [-0.05, 0) is 6.92 Å². The maximum Gasteiger partial charge on any atom is 0.161 e. The summed E-state index contributed by atoms with van der Waals surface area (Å²) in [6.45, 7) is 6.01. The first-order valence-electron chi connectivity index (χ1n) is 5.85. The Labute approximate surface area is 106 Å². The molecular weight excluding hydrogens is 234 g/mol. The van der Waals surface area contributed by atoms with Gasteiger partial charge in [-0.2, -0.15) is 0 Å². The predicted octanol–water partition coefficient (Wildman–Crippen LogP) is 0.416. The second-order valence-electron chi connectivity index (χ2n) is 4.52. The zero-order chi connectivity index (χ0) is 13.3. The summed E-state index contributed by atoms with van der Waals surface area (Å²) < 4.78 is 12.6. The normalized spacial score (nSPS) is 27.6. The summed E-state index contributed by atoms with van der Waals surface area (Å²) in [6.07, 6.45) is 1.06. The molecule has 18 heavy (non-hydrogen) atoms. The van der Waals surface area contributed by atoms with Crippen LogP contribution in [0.4, 0.5) is 0 Å². The van der Waals surface area contributed by atoms with E-state index in [1.165, 1.54) is 0 Å². The van der Waals surface area contributed by atoms with Crippen LogP contribution < -0.4 is 5.73 Å². The van der Waals surface area contributed by atoms with E-state index in [0.29, 0.717) is 24.4 Å². The Morgan fingerprint density at radius 3 is 3.06 bits per heavy atom. The number of methoxy groups -OCH3 is 1. The van der Waals surface area contributed by atoms with Gasteiger partial charge >= 0.3 is 0 Å². The van der Waals surface area contributed by atoms with Crippen molar-refractivity contribution in [2.75, 3.05) is 13.7 Å². The Morgan fingerprint density at radius 2 is 2.50 bits per heavy atom. The molecule has 1 saturated heterocycles. The minimum Gasteiger partial charge on any atom is -0.397 e. The smallest absolute Gasteiger partial charge is 0.161 e. The summed E-state index contributed by atoms with van der Waals surface area (Å²) >= 11 is 0. The number of rotatable bonds is 4. The van der Waals surface area contributed by atoms with Crippen molar-refractivity contribution in [1.29, 1.82) is 0 Å². The van der Waals surface area contributed by atoms with E-state index in [1.807, 2.05) is 6.92 Å². The Bertz CT molecular complexity index is 444. The molecule has 0 aromatic carbocycles. The molecule has 1 fully saturated rings. The number of nitrogens with two attached hydrogens (primary N) is 1. The highest BCUT2D eigenvalue weighted by atomic mass is 16.6. The molecule has 6 nitrogen and oxygen atoms in total. The third-order valence-corrected chi connectivity index (χ3v) is 3.14. The van der Waals surface area contributed by atoms with Crippen molar-refractivity contribution in [2.24, 2.45) is 5.73 Å². The molecule has 0 saturated carbocycles. The molecule has 0 aliphatic carbocycles. The van der Waals surface area contributed by atoms with Gasteiger partial charge in [0.15, 0.2) is 6.23 Å². The molecule has 0 amide bonds. The minimum atomic E-state index is -0.572. The lowest BCUT2D eigenvalue weighted by Gasteiger charge is -2.18. The van der Waals surface area contributed by atoms with Crippen molar-refractivity contribution < 1.29 is 14.6 Å². The first-order chi connectivity index (χ1) is 8.54. The fourth-order valence-corrected chi connectivity index (χ4v) is 2.27. The summed E-state index contributed by atoms with van der Waals surface area (Å²) in [5.74, 6) is 0. The Balaban J connectivity index is 2.19. The van der Waals surface area contributed by atoms with Gasteiger partial charge < -0.3 is 24.9 Å². The first kappa shape index (κ1) is 13.1. The topological polar surface area (TPSA) is 82.5 Å². The van der Waals surface area contributed by atoms with E-state index in [0.717, 1.165) is 5.69 Å². The molecule has 2 heterocycles. The molecule has 0 bridgehead atoms. The predicted molar refractivity (Wildman–Crippen MR) is 66.6 cm³/mol. The van der Waals surface area contributed by atoms with E-state index < -0.39 is 12.3 Å². The molecule has 6 heteroatoms. The molecule has 0 radical (unpaired) electrons. The minimum absolute atomic E-state index is 0.0960. The average molecular weight is 253 g/mol. The van der Waals surface area contributed by atoms with Crippen LogP contribution in [0.15, 0.2) is 12.9 Å². The lowest BCUT2D eigenvalue weighted by Crippen LogP contribution is -2.20. The zero-order valence-corrected chi connectivity index (χ0v) is 10.7. The van der Waals surface area contributed by atoms with E-state index >= 15 is 0 Å². The van der Waals surface area contributed by atoms with Crippen LogP contribution in [0.3, 0.4) is 0 Å².